The third-order valence-corrected chi connectivity index (χ3v) is 2.30. The zero-order chi connectivity index (χ0) is 12.0. The summed E-state index contributed by atoms with van der Waals surface area (Å²) in [5, 5.41) is 8.60. The van der Waals surface area contributed by atoms with Crippen LogP contribution in [0.1, 0.15) is 30.6 Å². The van der Waals surface area contributed by atoms with Crippen LogP contribution in [-0.2, 0) is 0 Å². The molecular formula is C12H15N3O. The standard InChI is InChI=1S/C12H15N3O/c1-10(2)15(8-4-6-13)12-11(9-16)5-3-7-14-12/h3,5,7,9-10H,4,8H2,1-2H3. The number of carbonyl (C=O) groups excluding carboxylic acids is 1. The van der Waals surface area contributed by atoms with Crippen LogP contribution in [0, 0.1) is 11.3 Å². The molecule has 0 aliphatic rings. The highest BCUT2D eigenvalue weighted by molar-refractivity contribution is 5.82. The highest BCUT2D eigenvalue weighted by Crippen LogP contribution is 2.18. The fourth-order valence-corrected chi connectivity index (χ4v) is 1.52. The average molecular weight is 217 g/mol. The Kier molecular flexibility index (Phi) is 4.46. The lowest BCUT2D eigenvalue weighted by Gasteiger charge is -2.27. The molecular weight excluding hydrogens is 202 g/mol. The van der Waals surface area contributed by atoms with Crippen molar-refractivity contribution in [1.29, 1.82) is 5.26 Å². The van der Waals surface area contributed by atoms with Gasteiger partial charge in [-0.1, -0.05) is 0 Å². The van der Waals surface area contributed by atoms with Crippen LogP contribution >= 0.6 is 0 Å². The number of carbonyl (C=O) groups is 1. The van der Waals surface area contributed by atoms with Crippen LogP contribution < -0.4 is 4.90 Å². The second-order valence-corrected chi connectivity index (χ2v) is 3.73. The van der Waals surface area contributed by atoms with Crippen LogP contribution in [-0.4, -0.2) is 23.9 Å². The summed E-state index contributed by atoms with van der Waals surface area (Å²) in [6.07, 6.45) is 2.88. The summed E-state index contributed by atoms with van der Waals surface area (Å²) >= 11 is 0. The molecule has 0 aromatic carbocycles. The lowest BCUT2D eigenvalue weighted by atomic mass is 10.2. The van der Waals surface area contributed by atoms with Crippen LogP contribution in [0.2, 0.25) is 0 Å². The first-order valence-electron chi connectivity index (χ1n) is 5.24. The van der Waals surface area contributed by atoms with Crippen molar-refractivity contribution in [1.82, 2.24) is 4.98 Å². The van der Waals surface area contributed by atoms with Crippen LogP contribution in [0.4, 0.5) is 5.82 Å². The molecule has 1 aromatic rings. The Hall–Kier alpha value is -1.89. The van der Waals surface area contributed by atoms with Crippen LogP contribution in [0.5, 0.6) is 0 Å². The van der Waals surface area contributed by atoms with Crippen molar-refractivity contribution >= 4 is 12.1 Å². The van der Waals surface area contributed by atoms with E-state index in [1.807, 2.05) is 18.7 Å². The molecule has 0 fully saturated rings. The van der Waals surface area contributed by atoms with Gasteiger partial charge in [-0.3, -0.25) is 4.79 Å². The number of nitrogens with zero attached hydrogens (tertiary/aromatic N) is 3. The number of anilines is 1. The molecule has 0 saturated heterocycles. The maximum Gasteiger partial charge on any atom is 0.153 e. The van der Waals surface area contributed by atoms with Gasteiger partial charge in [0, 0.05) is 18.8 Å². The second-order valence-electron chi connectivity index (χ2n) is 3.73. The normalized spacial score (nSPS) is 9.88. The summed E-state index contributed by atoms with van der Waals surface area (Å²) in [5.41, 5.74) is 0.564. The summed E-state index contributed by atoms with van der Waals surface area (Å²) in [6.45, 7) is 4.62. The highest BCUT2D eigenvalue weighted by Gasteiger charge is 2.14. The van der Waals surface area contributed by atoms with E-state index in [1.54, 1.807) is 18.3 Å². The molecule has 4 heteroatoms. The van der Waals surface area contributed by atoms with Gasteiger partial charge in [0.25, 0.3) is 0 Å². The molecule has 1 aromatic heterocycles. The fraction of sp³-hybridized carbons (Fsp3) is 0.417. The smallest absolute Gasteiger partial charge is 0.153 e. The van der Waals surface area contributed by atoms with Gasteiger partial charge in [0.2, 0.25) is 0 Å². The third-order valence-electron chi connectivity index (χ3n) is 2.30. The van der Waals surface area contributed by atoms with E-state index in [4.69, 9.17) is 5.26 Å². The first-order valence-corrected chi connectivity index (χ1v) is 5.24. The van der Waals surface area contributed by atoms with E-state index in [-0.39, 0.29) is 6.04 Å². The van der Waals surface area contributed by atoms with E-state index in [0.29, 0.717) is 24.3 Å². The number of aldehydes is 1. The number of hydrogen-bond donors (Lipinski definition) is 0. The van der Waals surface area contributed by atoms with Crippen LogP contribution in [0.15, 0.2) is 18.3 Å². The Morgan fingerprint density at radius 1 is 1.62 bits per heavy atom. The first kappa shape index (κ1) is 12.2. The van der Waals surface area contributed by atoms with E-state index in [1.165, 1.54) is 0 Å². The minimum atomic E-state index is 0.210. The number of hydrogen-bond acceptors (Lipinski definition) is 4. The van der Waals surface area contributed by atoms with Crippen molar-refractivity contribution in [3.05, 3.63) is 23.9 Å². The number of rotatable bonds is 5. The van der Waals surface area contributed by atoms with Crippen LogP contribution in [0.25, 0.3) is 0 Å². The molecule has 0 bridgehead atoms. The average Bonchev–Trinajstić information content (AvgIpc) is 2.29. The molecule has 1 rings (SSSR count). The largest absolute Gasteiger partial charge is 0.353 e. The number of pyridine rings is 1. The van der Waals surface area contributed by atoms with Crippen molar-refractivity contribution in [3.8, 4) is 6.07 Å². The fourth-order valence-electron chi connectivity index (χ4n) is 1.52. The predicted octanol–water partition coefficient (Wildman–Crippen LogP) is 2.02. The lowest BCUT2D eigenvalue weighted by molar-refractivity contribution is 0.112. The molecule has 0 aliphatic carbocycles. The van der Waals surface area contributed by atoms with E-state index < -0.39 is 0 Å². The maximum absolute atomic E-state index is 10.9. The van der Waals surface area contributed by atoms with E-state index in [0.717, 1.165) is 6.29 Å². The topological polar surface area (TPSA) is 57.0 Å². The van der Waals surface area contributed by atoms with Crippen molar-refractivity contribution in [3.63, 3.8) is 0 Å². The molecule has 0 aliphatic heterocycles. The van der Waals surface area contributed by atoms with Gasteiger partial charge in [-0.25, -0.2) is 4.98 Å². The molecule has 0 amide bonds. The Balaban J connectivity index is 3.01. The maximum atomic E-state index is 10.9. The Labute approximate surface area is 95.5 Å². The predicted molar refractivity (Wildman–Crippen MR) is 62.3 cm³/mol. The summed E-state index contributed by atoms with van der Waals surface area (Å²) in [5.74, 6) is 0.655. The molecule has 1 heterocycles. The monoisotopic (exact) mass is 217 g/mol. The van der Waals surface area contributed by atoms with Gasteiger partial charge < -0.3 is 4.90 Å². The molecule has 0 radical (unpaired) electrons. The van der Waals surface area contributed by atoms with Crippen molar-refractivity contribution in [2.75, 3.05) is 11.4 Å². The SMILES string of the molecule is CC(C)N(CCC#N)c1ncccc1C=O. The molecule has 16 heavy (non-hydrogen) atoms. The summed E-state index contributed by atoms with van der Waals surface area (Å²) in [6, 6.07) is 5.78. The van der Waals surface area contributed by atoms with Crippen LogP contribution in [0.3, 0.4) is 0 Å². The van der Waals surface area contributed by atoms with E-state index >= 15 is 0 Å². The Morgan fingerprint density at radius 2 is 2.38 bits per heavy atom. The van der Waals surface area contributed by atoms with E-state index in [9.17, 15) is 4.79 Å². The second kappa shape index (κ2) is 5.86. The summed E-state index contributed by atoms with van der Waals surface area (Å²) in [7, 11) is 0. The Morgan fingerprint density at radius 3 is 2.94 bits per heavy atom. The minimum Gasteiger partial charge on any atom is -0.353 e. The van der Waals surface area contributed by atoms with Gasteiger partial charge in [-0.05, 0) is 26.0 Å². The number of nitriles is 1. The quantitative estimate of drug-likeness (QED) is 0.708. The van der Waals surface area contributed by atoms with Crippen molar-refractivity contribution < 1.29 is 4.79 Å². The van der Waals surface area contributed by atoms with Gasteiger partial charge in [-0.2, -0.15) is 5.26 Å². The lowest BCUT2D eigenvalue weighted by Crippen LogP contribution is -2.33. The molecule has 84 valence electrons. The van der Waals surface area contributed by atoms with E-state index in [2.05, 4.69) is 11.1 Å². The minimum absolute atomic E-state index is 0.210. The Bertz CT molecular complexity index is 395. The third kappa shape index (κ3) is 2.80. The molecule has 0 unspecified atom stereocenters. The van der Waals surface area contributed by atoms with Gasteiger partial charge in [-0.15, -0.1) is 0 Å². The zero-order valence-corrected chi connectivity index (χ0v) is 9.55. The van der Waals surface area contributed by atoms with Gasteiger partial charge >= 0.3 is 0 Å². The molecule has 0 saturated carbocycles. The van der Waals surface area contributed by atoms with Crippen molar-refractivity contribution in [2.45, 2.75) is 26.3 Å². The van der Waals surface area contributed by atoms with Gasteiger partial charge in [0.1, 0.15) is 5.82 Å². The summed E-state index contributed by atoms with van der Waals surface area (Å²) < 4.78 is 0. The number of aromatic nitrogens is 1. The molecule has 0 N–H and O–H groups in total. The molecule has 0 atom stereocenters. The van der Waals surface area contributed by atoms with Gasteiger partial charge in [0.05, 0.1) is 18.1 Å². The highest BCUT2D eigenvalue weighted by atomic mass is 16.1. The van der Waals surface area contributed by atoms with Crippen molar-refractivity contribution in [2.24, 2.45) is 0 Å². The first-order chi connectivity index (χ1) is 7.70. The molecule has 0 spiro atoms. The van der Waals surface area contributed by atoms with Gasteiger partial charge in [0.15, 0.2) is 6.29 Å². The zero-order valence-electron chi connectivity index (χ0n) is 9.55. The summed E-state index contributed by atoms with van der Waals surface area (Å²) in [4.78, 5) is 17.1. The molecule has 4 nitrogen and oxygen atoms in total.